The first kappa shape index (κ1) is 21.6. The molecule has 0 heterocycles. The molecule has 29 heavy (non-hydrogen) atoms. The van der Waals surface area contributed by atoms with Crippen LogP contribution in [-0.4, -0.2) is 22.7 Å². The summed E-state index contributed by atoms with van der Waals surface area (Å²) in [6.45, 7) is 18.9. The molecule has 0 spiro atoms. The maximum Gasteiger partial charge on any atom is 0.242 e. The van der Waals surface area contributed by atoms with E-state index in [-0.39, 0.29) is 5.41 Å². The van der Waals surface area contributed by atoms with Crippen molar-refractivity contribution in [3.8, 4) is 0 Å². The zero-order chi connectivity index (χ0) is 21.2. The molecule has 6 atom stereocenters. The fraction of sp³-hybridized carbons (Fsp3) is 0.760. The number of fused-ring (bicyclic) bond motifs is 5. The highest BCUT2D eigenvalue weighted by Gasteiger charge is 2.58. The maximum absolute atomic E-state index is 6.73. The zero-order valence-electron chi connectivity index (χ0n) is 20.0. The predicted octanol–water partition coefficient (Wildman–Crippen LogP) is 7.29. The summed E-state index contributed by atoms with van der Waals surface area (Å²) in [4.78, 5) is 0. The lowest BCUT2D eigenvalue weighted by Gasteiger charge is -2.56. The quantitative estimate of drug-likeness (QED) is 0.436. The van der Waals surface area contributed by atoms with E-state index in [1.54, 1.807) is 0 Å². The third-order valence-electron chi connectivity index (χ3n) is 8.16. The molecule has 4 aliphatic rings. The van der Waals surface area contributed by atoms with Crippen molar-refractivity contribution < 1.29 is 8.85 Å². The molecule has 2 saturated carbocycles. The lowest BCUT2D eigenvalue weighted by molar-refractivity contribution is -0.0466. The monoisotopic (exact) mass is 430 g/mol. The van der Waals surface area contributed by atoms with Gasteiger partial charge in [0.25, 0.3) is 0 Å². The van der Waals surface area contributed by atoms with Gasteiger partial charge in [-0.25, -0.2) is 0 Å². The van der Waals surface area contributed by atoms with E-state index in [0.29, 0.717) is 11.5 Å². The Labute approximate surface area is 181 Å². The summed E-state index contributed by atoms with van der Waals surface area (Å²) in [5.41, 5.74) is 2.06. The van der Waals surface area contributed by atoms with Gasteiger partial charge in [0.15, 0.2) is 8.32 Å². The van der Waals surface area contributed by atoms with Crippen molar-refractivity contribution >= 4 is 16.6 Å². The van der Waals surface area contributed by atoms with Crippen LogP contribution < -0.4 is 0 Å². The van der Waals surface area contributed by atoms with Gasteiger partial charge in [0.1, 0.15) is 5.76 Å². The molecule has 4 aliphatic carbocycles. The van der Waals surface area contributed by atoms with Crippen LogP contribution in [0.2, 0.25) is 39.3 Å². The maximum atomic E-state index is 6.73. The number of allylic oxidation sites excluding steroid dienone is 5. The lowest BCUT2D eigenvalue weighted by atomic mass is 9.49. The van der Waals surface area contributed by atoms with E-state index in [0.717, 1.165) is 23.5 Å². The predicted molar refractivity (Wildman–Crippen MR) is 128 cm³/mol. The van der Waals surface area contributed by atoms with Gasteiger partial charge in [-0.2, -0.15) is 0 Å². The molecule has 0 bridgehead atoms. The summed E-state index contributed by atoms with van der Waals surface area (Å²) < 4.78 is 13.0. The molecule has 0 saturated heterocycles. The van der Waals surface area contributed by atoms with Crippen LogP contribution in [0.3, 0.4) is 0 Å². The Kier molecular flexibility index (Phi) is 5.19. The van der Waals surface area contributed by atoms with Crippen LogP contribution in [0.25, 0.3) is 0 Å². The van der Waals surface area contributed by atoms with Gasteiger partial charge in [0, 0.05) is 5.41 Å². The van der Waals surface area contributed by atoms with Gasteiger partial charge >= 0.3 is 0 Å². The minimum Gasteiger partial charge on any atom is -0.544 e. The Bertz CT molecular complexity index is 754. The van der Waals surface area contributed by atoms with E-state index < -0.39 is 16.6 Å². The van der Waals surface area contributed by atoms with Crippen molar-refractivity contribution in [1.82, 2.24) is 0 Å². The summed E-state index contributed by atoms with van der Waals surface area (Å²) in [6.07, 6.45) is 16.7. The molecule has 2 fully saturated rings. The van der Waals surface area contributed by atoms with Crippen LogP contribution in [0, 0.1) is 28.6 Å². The minimum atomic E-state index is -1.57. The molecule has 0 N–H and O–H groups in total. The third-order valence-corrected chi connectivity index (χ3v) is 10.0. The lowest BCUT2D eigenvalue weighted by Crippen LogP contribution is -2.51. The fourth-order valence-electron chi connectivity index (χ4n) is 6.94. The molecule has 6 unspecified atom stereocenters. The van der Waals surface area contributed by atoms with Crippen LogP contribution >= 0.6 is 0 Å². The Hall–Kier alpha value is -0.586. The topological polar surface area (TPSA) is 18.5 Å². The molecule has 0 amide bonds. The first-order valence-electron chi connectivity index (χ1n) is 11.8. The van der Waals surface area contributed by atoms with E-state index >= 15 is 0 Å². The highest BCUT2D eigenvalue weighted by Crippen LogP contribution is 2.64. The first-order chi connectivity index (χ1) is 13.3. The van der Waals surface area contributed by atoms with E-state index in [9.17, 15) is 0 Å². The van der Waals surface area contributed by atoms with E-state index in [2.05, 4.69) is 77.4 Å². The Morgan fingerprint density at radius 1 is 0.931 bits per heavy atom. The summed E-state index contributed by atoms with van der Waals surface area (Å²) in [7, 11) is -3.07. The van der Waals surface area contributed by atoms with Crippen LogP contribution in [0.1, 0.15) is 46.0 Å². The average molecular weight is 431 g/mol. The second-order valence-corrected chi connectivity index (χ2v) is 21.4. The van der Waals surface area contributed by atoms with E-state index in [4.69, 9.17) is 8.85 Å². The van der Waals surface area contributed by atoms with Gasteiger partial charge in [0.2, 0.25) is 8.32 Å². The molecule has 2 nitrogen and oxygen atoms in total. The van der Waals surface area contributed by atoms with Crippen molar-refractivity contribution in [2.45, 2.75) is 91.3 Å². The highest BCUT2D eigenvalue weighted by atomic mass is 28.4. The van der Waals surface area contributed by atoms with E-state index in [1.807, 2.05) is 0 Å². The third kappa shape index (κ3) is 3.90. The van der Waals surface area contributed by atoms with Gasteiger partial charge in [-0.05, 0) is 112 Å². The smallest absolute Gasteiger partial charge is 0.242 e. The molecule has 0 aromatic heterocycles. The van der Waals surface area contributed by atoms with Crippen molar-refractivity contribution in [3.63, 3.8) is 0 Å². The average Bonchev–Trinajstić information content (AvgIpc) is 2.89. The Morgan fingerprint density at radius 2 is 1.66 bits per heavy atom. The second-order valence-electron chi connectivity index (χ2n) is 12.5. The largest absolute Gasteiger partial charge is 0.544 e. The molecule has 0 aliphatic heterocycles. The molecule has 0 aromatic rings. The van der Waals surface area contributed by atoms with Crippen LogP contribution in [-0.2, 0) is 8.85 Å². The normalized spacial score (nSPS) is 41.8. The minimum absolute atomic E-state index is 0.175. The van der Waals surface area contributed by atoms with Crippen molar-refractivity contribution in [3.05, 3.63) is 35.6 Å². The van der Waals surface area contributed by atoms with Gasteiger partial charge < -0.3 is 8.85 Å². The first-order valence-corrected chi connectivity index (χ1v) is 18.6. The van der Waals surface area contributed by atoms with Crippen molar-refractivity contribution in [2.75, 3.05) is 0 Å². The highest BCUT2D eigenvalue weighted by molar-refractivity contribution is 6.70. The fourth-order valence-corrected chi connectivity index (χ4v) is 9.01. The Balaban J connectivity index is 1.59. The van der Waals surface area contributed by atoms with Crippen molar-refractivity contribution in [2.24, 2.45) is 28.6 Å². The standard InChI is InChI=1S/C25H42O2Si2/c1-24-15-13-19(26-28(3,4)5)17-18(24)9-10-20-21-11-12-23(27-29(6,7)8)25(21,2)16-14-22(20)24/h9,13,15,17,20-23H,10-12,14,16H2,1-8H3. The molecule has 4 rings (SSSR count). The SMILES string of the molecule is CC12C=CC(O[Si](C)(C)C)=CC1=CCC1C2CCC2(C)C(O[Si](C)(C)C)CCC12. The molecular weight excluding hydrogens is 388 g/mol. The summed E-state index contributed by atoms with van der Waals surface area (Å²) in [6, 6.07) is 0. The summed E-state index contributed by atoms with van der Waals surface area (Å²) >= 11 is 0. The van der Waals surface area contributed by atoms with Crippen LogP contribution in [0.4, 0.5) is 0 Å². The molecule has 162 valence electrons. The zero-order valence-corrected chi connectivity index (χ0v) is 22.0. The van der Waals surface area contributed by atoms with Crippen LogP contribution in [0.15, 0.2) is 35.6 Å². The number of hydrogen-bond acceptors (Lipinski definition) is 2. The second kappa shape index (κ2) is 6.96. The molecular formula is C25H42O2Si2. The van der Waals surface area contributed by atoms with Gasteiger partial charge in [0.05, 0.1) is 6.10 Å². The van der Waals surface area contributed by atoms with Gasteiger partial charge in [-0.1, -0.05) is 26.0 Å². The molecule has 0 radical (unpaired) electrons. The number of rotatable bonds is 4. The Morgan fingerprint density at radius 3 is 2.31 bits per heavy atom. The number of hydrogen-bond donors (Lipinski definition) is 0. The van der Waals surface area contributed by atoms with Crippen molar-refractivity contribution in [1.29, 1.82) is 0 Å². The van der Waals surface area contributed by atoms with E-state index in [1.165, 1.54) is 37.7 Å². The summed E-state index contributed by atoms with van der Waals surface area (Å²) in [5.74, 6) is 3.45. The van der Waals surface area contributed by atoms with Gasteiger partial charge in [-0.3, -0.25) is 0 Å². The van der Waals surface area contributed by atoms with Gasteiger partial charge in [-0.15, -0.1) is 0 Å². The molecule has 0 aromatic carbocycles. The molecule has 4 heteroatoms. The van der Waals surface area contributed by atoms with Crippen LogP contribution in [0.5, 0.6) is 0 Å². The summed E-state index contributed by atoms with van der Waals surface area (Å²) in [5, 5.41) is 0.